The van der Waals surface area contributed by atoms with Crippen molar-refractivity contribution in [2.45, 2.75) is 20.4 Å². The van der Waals surface area contributed by atoms with Crippen LogP contribution in [0.4, 0.5) is 0 Å². The van der Waals surface area contributed by atoms with Gasteiger partial charge in [0.25, 0.3) is 5.56 Å². The number of Topliss-reactive ketones (excluding diaryl/α,β-unsaturated/α-hetero) is 1. The largest absolute Gasteiger partial charge is 0.491 e. The molecule has 0 aliphatic heterocycles. The van der Waals surface area contributed by atoms with Crippen molar-refractivity contribution in [1.82, 2.24) is 9.78 Å². The maximum absolute atomic E-state index is 11.6. The molecule has 2 rings (SSSR count). The average molecular weight is 272 g/mol. The lowest BCUT2D eigenvalue weighted by atomic mass is 10.1. The Morgan fingerprint density at radius 2 is 2.00 bits per heavy atom. The van der Waals surface area contributed by atoms with E-state index in [2.05, 4.69) is 5.10 Å². The van der Waals surface area contributed by atoms with Crippen LogP contribution in [0.15, 0.2) is 41.2 Å². The van der Waals surface area contributed by atoms with Gasteiger partial charge < -0.3 is 4.74 Å². The van der Waals surface area contributed by atoms with E-state index in [0.29, 0.717) is 17.9 Å². The molecule has 0 fully saturated rings. The number of nitrogens with zero attached hydrogens (tertiary/aromatic N) is 2. The average Bonchev–Trinajstić information content (AvgIpc) is 2.43. The molecule has 0 bridgehead atoms. The summed E-state index contributed by atoms with van der Waals surface area (Å²) in [6, 6.07) is 10.2. The fourth-order valence-corrected chi connectivity index (χ4v) is 1.84. The summed E-state index contributed by atoms with van der Waals surface area (Å²) in [6.07, 6.45) is 0. The molecule has 20 heavy (non-hydrogen) atoms. The van der Waals surface area contributed by atoms with Crippen molar-refractivity contribution in [2.24, 2.45) is 0 Å². The molecule has 0 saturated carbocycles. The summed E-state index contributed by atoms with van der Waals surface area (Å²) in [5, 5.41) is 4.12. The fourth-order valence-electron chi connectivity index (χ4n) is 1.84. The molecule has 5 nitrogen and oxygen atoms in total. The van der Waals surface area contributed by atoms with E-state index in [-0.39, 0.29) is 17.9 Å². The minimum atomic E-state index is -0.168. The zero-order chi connectivity index (χ0) is 14.5. The van der Waals surface area contributed by atoms with Gasteiger partial charge in [-0.15, -0.1) is 0 Å². The summed E-state index contributed by atoms with van der Waals surface area (Å²) >= 11 is 0. The standard InChI is InChI=1S/C15H16N2O3/c1-11-7-8-15(19)17(16-11)9-10-20-14-6-4-3-5-13(14)12(2)18/h3-8H,9-10H2,1-2H3. The van der Waals surface area contributed by atoms with Crippen LogP contribution >= 0.6 is 0 Å². The third-order valence-electron chi connectivity index (χ3n) is 2.83. The van der Waals surface area contributed by atoms with Crippen LogP contribution in [0, 0.1) is 6.92 Å². The van der Waals surface area contributed by atoms with Crippen LogP contribution in [0.1, 0.15) is 23.0 Å². The Balaban J connectivity index is 2.05. The van der Waals surface area contributed by atoms with E-state index in [1.54, 1.807) is 30.3 Å². The second kappa shape index (κ2) is 6.14. The second-order valence-corrected chi connectivity index (χ2v) is 4.44. The highest BCUT2D eigenvalue weighted by Crippen LogP contribution is 2.18. The minimum Gasteiger partial charge on any atom is -0.491 e. The molecular weight excluding hydrogens is 256 g/mol. The Morgan fingerprint density at radius 1 is 1.25 bits per heavy atom. The Labute approximate surface area is 116 Å². The van der Waals surface area contributed by atoms with E-state index in [1.807, 2.05) is 6.92 Å². The maximum Gasteiger partial charge on any atom is 0.266 e. The first-order valence-electron chi connectivity index (χ1n) is 6.35. The van der Waals surface area contributed by atoms with Gasteiger partial charge in [0, 0.05) is 6.07 Å². The van der Waals surface area contributed by atoms with E-state index in [4.69, 9.17) is 4.74 Å². The number of hydrogen-bond acceptors (Lipinski definition) is 4. The second-order valence-electron chi connectivity index (χ2n) is 4.44. The monoisotopic (exact) mass is 272 g/mol. The molecule has 0 radical (unpaired) electrons. The maximum atomic E-state index is 11.6. The number of carbonyl (C=O) groups is 1. The van der Waals surface area contributed by atoms with Gasteiger partial charge in [-0.1, -0.05) is 12.1 Å². The molecule has 1 aromatic carbocycles. The summed E-state index contributed by atoms with van der Waals surface area (Å²) in [6.45, 7) is 3.93. The van der Waals surface area contributed by atoms with Crippen molar-refractivity contribution in [3.63, 3.8) is 0 Å². The number of ether oxygens (including phenoxy) is 1. The topological polar surface area (TPSA) is 61.2 Å². The number of rotatable bonds is 5. The summed E-state index contributed by atoms with van der Waals surface area (Å²) in [4.78, 5) is 23.0. The molecule has 0 N–H and O–H groups in total. The number of aromatic nitrogens is 2. The molecule has 0 aliphatic rings. The lowest BCUT2D eigenvalue weighted by Gasteiger charge is -2.10. The van der Waals surface area contributed by atoms with Gasteiger partial charge in [-0.05, 0) is 32.0 Å². The molecule has 5 heteroatoms. The number of carbonyl (C=O) groups excluding carboxylic acids is 1. The number of para-hydroxylation sites is 1. The molecule has 104 valence electrons. The molecule has 0 saturated heterocycles. The molecular formula is C15H16N2O3. The summed E-state index contributed by atoms with van der Waals surface area (Å²) < 4.78 is 6.93. The fraction of sp³-hybridized carbons (Fsp3) is 0.267. The van der Waals surface area contributed by atoms with Gasteiger partial charge in [0.2, 0.25) is 0 Å². The van der Waals surface area contributed by atoms with Crippen molar-refractivity contribution in [3.8, 4) is 5.75 Å². The lowest BCUT2D eigenvalue weighted by Crippen LogP contribution is -2.25. The van der Waals surface area contributed by atoms with Crippen LogP contribution in [-0.4, -0.2) is 22.2 Å². The quantitative estimate of drug-likeness (QED) is 0.779. The summed E-state index contributed by atoms with van der Waals surface area (Å²) in [5.74, 6) is 0.479. The van der Waals surface area contributed by atoms with E-state index in [1.165, 1.54) is 17.7 Å². The molecule has 1 aromatic heterocycles. The van der Waals surface area contributed by atoms with Gasteiger partial charge >= 0.3 is 0 Å². The predicted molar refractivity (Wildman–Crippen MR) is 75.2 cm³/mol. The highest BCUT2D eigenvalue weighted by molar-refractivity contribution is 5.96. The van der Waals surface area contributed by atoms with Gasteiger partial charge in [-0.3, -0.25) is 9.59 Å². The van der Waals surface area contributed by atoms with E-state index in [9.17, 15) is 9.59 Å². The highest BCUT2D eigenvalue weighted by atomic mass is 16.5. The molecule has 0 unspecified atom stereocenters. The van der Waals surface area contributed by atoms with Crippen molar-refractivity contribution >= 4 is 5.78 Å². The third kappa shape index (κ3) is 3.32. The van der Waals surface area contributed by atoms with Crippen molar-refractivity contribution in [2.75, 3.05) is 6.61 Å². The molecule has 2 aromatic rings. The first kappa shape index (κ1) is 14.0. The predicted octanol–water partition coefficient (Wildman–Crippen LogP) is 1.83. The van der Waals surface area contributed by atoms with Crippen molar-refractivity contribution < 1.29 is 9.53 Å². The minimum absolute atomic E-state index is 0.0496. The van der Waals surface area contributed by atoms with Crippen LogP contribution in [0.2, 0.25) is 0 Å². The van der Waals surface area contributed by atoms with Crippen LogP contribution in [0.3, 0.4) is 0 Å². The lowest BCUT2D eigenvalue weighted by molar-refractivity contribution is 0.101. The van der Waals surface area contributed by atoms with E-state index >= 15 is 0 Å². The first-order valence-corrected chi connectivity index (χ1v) is 6.35. The van der Waals surface area contributed by atoms with Crippen LogP contribution in [0.5, 0.6) is 5.75 Å². The van der Waals surface area contributed by atoms with Crippen LogP contribution in [-0.2, 0) is 6.54 Å². The molecule has 0 aliphatic carbocycles. The summed E-state index contributed by atoms with van der Waals surface area (Å²) in [5.41, 5.74) is 1.14. The van der Waals surface area contributed by atoms with Crippen molar-refractivity contribution in [1.29, 1.82) is 0 Å². The number of aryl methyl sites for hydroxylation is 1. The van der Waals surface area contributed by atoms with Crippen molar-refractivity contribution in [3.05, 3.63) is 58.0 Å². The Bertz CT molecular complexity index is 677. The Hall–Kier alpha value is -2.43. The van der Waals surface area contributed by atoms with Gasteiger partial charge in [-0.2, -0.15) is 5.10 Å². The number of hydrogen-bond donors (Lipinski definition) is 0. The van der Waals surface area contributed by atoms with Gasteiger partial charge in [0.15, 0.2) is 5.78 Å². The zero-order valence-electron chi connectivity index (χ0n) is 11.5. The Kier molecular flexibility index (Phi) is 4.30. The third-order valence-corrected chi connectivity index (χ3v) is 2.83. The first-order chi connectivity index (χ1) is 9.58. The molecule has 1 heterocycles. The summed E-state index contributed by atoms with van der Waals surface area (Å²) in [7, 11) is 0. The smallest absolute Gasteiger partial charge is 0.266 e. The molecule has 0 spiro atoms. The SMILES string of the molecule is CC(=O)c1ccccc1OCCn1nc(C)ccc1=O. The van der Waals surface area contributed by atoms with Crippen LogP contribution < -0.4 is 10.3 Å². The zero-order valence-corrected chi connectivity index (χ0v) is 11.5. The molecule has 0 atom stereocenters. The number of ketones is 1. The van der Waals surface area contributed by atoms with Gasteiger partial charge in [0.1, 0.15) is 12.4 Å². The normalized spacial score (nSPS) is 10.3. The molecule has 0 amide bonds. The number of benzene rings is 1. The van der Waals surface area contributed by atoms with E-state index in [0.717, 1.165) is 5.69 Å². The highest BCUT2D eigenvalue weighted by Gasteiger charge is 2.07. The van der Waals surface area contributed by atoms with Gasteiger partial charge in [0.05, 0.1) is 17.8 Å². The van der Waals surface area contributed by atoms with E-state index < -0.39 is 0 Å². The van der Waals surface area contributed by atoms with Crippen LogP contribution in [0.25, 0.3) is 0 Å². The Morgan fingerprint density at radius 3 is 2.75 bits per heavy atom. The van der Waals surface area contributed by atoms with Gasteiger partial charge in [-0.25, -0.2) is 4.68 Å².